The Labute approximate surface area is 98.9 Å². The summed E-state index contributed by atoms with van der Waals surface area (Å²) >= 11 is 2.29. The molecule has 3 heteroatoms. The predicted molar refractivity (Wildman–Crippen MR) is 67.3 cm³/mol. The molecule has 0 aliphatic carbocycles. The van der Waals surface area contributed by atoms with E-state index in [1.807, 2.05) is 6.92 Å². The van der Waals surface area contributed by atoms with Gasteiger partial charge in [-0.05, 0) is 54.1 Å². The van der Waals surface area contributed by atoms with Crippen LogP contribution in [0.25, 0.3) is 0 Å². The van der Waals surface area contributed by atoms with E-state index in [1.165, 1.54) is 9.13 Å². The highest BCUT2D eigenvalue weighted by atomic mass is 127. The van der Waals surface area contributed by atoms with Crippen LogP contribution < -0.4 is 5.32 Å². The Bertz CT molecular complexity index is 273. The van der Waals surface area contributed by atoms with E-state index in [2.05, 4.69) is 59.1 Å². The van der Waals surface area contributed by atoms with Crippen LogP contribution in [0.3, 0.4) is 0 Å². The van der Waals surface area contributed by atoms with Gasteiger partial charge in [-0.25, -0.2) is 0 Å². The average Bonchev–Trinajstić information content (AvgIpc) is 2.18. The van der Waals surface area contributed by atoms with Gasteiger partial charge in [0.1, 0.15) is 0 Å². The molecule has 0 aliphatic rings. The van der Waals surface area contributed by atoms with Gasteiger partial charge in [-0.15, -0.1) is 0 Å². The van der Waals surface area contributed by atoms with Gasteiger partial charge in [-0.2, -0.15) is 0 Å². The second-order valence-electron chi connectivity index (χ2n) is 3.52. The first-order valence-electron chi connectivity index (χ1n) is 4.76. The average molecular weight is 305 g/mol. The van der Waals surface area contributed by atoms with Crippen molar-refractivity contribution in [3.63, 3.8) is 0 Å². The summed E-state index contributed by atoms with van der Waals surface area (Å²) in [5.41, 5.74) is 1.26. The Morgan fingerprint density at radius 3 is 2.36 bits per heavy atom. The number of hydrogen-bond donors (Lipinski definition) is 2. The molecule has 0 spiro atoms. The van der Waals surface area contributed by atoms with Crippen molar-refractivity contribution < 1.29 is 5.11 Å². The Kier molecular flexibility index (Phi) is 4.84. The molecule has 0 bridgehead atoms. The van der Waals surface area contributed by atoms with Crippen molar-refractivity contribution in [1.82, 2.24) is 5.32 Å². The molecule has 2 nitrogen and oxygen atoms in total. The molecule has 0 fully saturated rings. The predicted octanol–water partition coefficient (Wildman–Crippen LogP) is 2.32. The number of aliphatic hydroxyl groups excluding tert-OH is 1. The summed E-state index contributed by atoms with van der Waals surface area (Å²) < 4.78 is 1.24. The van der Waals surface area contributed by atoms with Crippen LogP contribution in [0.2, 0.25) is 0 Å². The number of hydrogen-bond acceptors (Lipinski definition) is 2. The molecule has 1 unspecified atom stereocenters. The molecule has 1 aromatic carbocycles. The van der Waals surface area contributed by atoms with Crippen molar-refractivity contribution in [2.75, 3.05) is 6.61 Å². The largest absolute Gasteiger partial charge is 0.395 e. The molecule has 1 aromatic rings. The lowest BCUT2D eigenvalue weighted by atomic mass is 10.1. The van der Waals surface area contributed by atoms with Gasteiger partial charge in [0.05, 0.1) is 6.61 Å². The van der Waals surface area contributed by atoms with Gasteiger partial charge in [0, 0.05) is 15.7 Å². The lowest BCUT2D eigenvalue weighted by molar-refractivity contribution is 0.243. The number of rotatable bonds is 4. The molecular weight excluding hydrogens is 289 g/mol. The first-order chi connectivity index (χ1) is 6.63. The second kappa shape index (κ2) is 5.68. The number of halogens is 1. The summed E-state index contributed by atoms with van der Waals surface area (Å²) in [6, 6.07) is 8.85. The number of benzene rings is 1. The summed E-state index contributed by atoms with van der Waals surface area (Å²) in [4.78, 5) is 0. The molecule has 0 saturated heterocycles. The maximum atomic E-state index is 8.91. The lowest BCUT2D eigenvalue weighted by Gasteiger charge is -2.18. The van der Waals surface area contributed by atoms with Crippen LogP contribution in [0.1, 0.15) is 25.5 Å². The normalized spacial score (nSPS) is 15.1. The van der Waals surface area contributed by atoms with E-state index >= 15 is 0 Å². The van der Waals surface area contributed by atoms with Crippen molar-refractivity contribution >= 4 is 22.6 Å². The van der Waals surface area contributed by atoms with Gasteiger partial charge in [0.15, 0.2) is 0 Å². The molecule has 1 rings (SSSR count). The van der Waals surface area contributed by atoms with Crippen molar-refractivity contribution in [3.05, 3.63) is 33.4 Å². The van der Waals surface area contributed by atoms with Crippen molar-refractivity contribution in [3.8, 4) is 0 Å². The van der Waals surface area contributed by atoms with Crippen molar-refractivity contribution in [2.45, 2.75) is 25.9 Å². The highest BCUT2D eigenvalue weighted by molar-refractivity contribution is 14.1. The maximum absolute atomic E-state index is 8.91. The maximum Gasteiger partial charge on any atom is 0.0582 e. The Balaban J connectivity index is 2.60. The van der Waals surface area contributed by atoms with Gasteiger partial charge >= 0.3 is 0 Å². The summed E-state index contributed by atoms with van der Waals surface area (Å²) in [5.74, 6) is 0. The molecule has 0 amide bonds. The Hall–Kier alpha value is -0.130. The van der Waals surface area contributed by atoms with Gasteiger partial charge in [0.25, 0.3) is 0 Å². The SMILES string of the molecule is CC(N[C@H](C)CO)c1ccc(I)cc1. The third-order valence-electron chi connectivity index (χ3n) is 2.18. The summed E-state index contributed by atoms with van der Waals surface area (Å²) in [6.45, 7) is 4.26. The van der Waals surface area contributed by atoms with Crippen LogP contribution in [0.15, 0.2) is 24.3 Å². The smallest absolute Gasteiger partial charge is 0.0582 e. The van der Waals surface area contributed by atoms with Gasteiger partial charge in [-0.3, -0.25) is 0 Å². The van der Waals surface area contributed by atoms with Crippen LogP contribution in [-0.2, 0) is 0 Å². The van der Waals surface area contributed by atoms with Crippen LogP contribution in [0, 0.1) is 3.57 Å². The topological polar surface area (TPSA) is 32.3 Å². The molecule has 14 heavy (non-hydrogen) atoms. The van der Waals surface area contributed by atoms with E-state index in [0.717, 1.165) is 0 Å². The lowest BCUT2D eigenvalue weighted by Crippen LogP contribution is -2.31. The van der Waals surface area contributed by atoms with Gasteiger partial charge in [-0.1, -0.05) is 12.1 Å². The highest BCUT2D eigenvalue weighted by Crippen LogP contribution is 2.14. The summed E-state index contributed by atoms with van der Waals surface area (Å²) in [5, 5.41) is 12.2. The van der Waals surface area contributed by atoms with Crippen LogP contribution >= 0.6 is 22.6 Å². The minimum Gasteiger partial charge on any atom is -0.395 e. The number of nitrogens with one attached hydrogen (secondary N) is 1. The molecule has 0 aromatic heterocycles. The zero-order valence-corrected chi connectivity index (χ0v) is 10.7. The monoisotopic (exact) mass is 305 g/mol. The van der Waals surface area contributed by atoms with Crippen molar-refractivity contribution in [2.24, 2.45) is 0 Å². The van der Waals surface area contributed by atoms with Gasteiger partial charge < -0.3 is 10.4 Å². The van der Waals surface area contributed by atoms with Crippen LogP contribution in [0.4, 0.5) is 0 Å². The van der Waals surface area contributed by atoms with Crippen LogP contribution in [-0.4, -0.2) is 17.8 Å². The molecule has 2 atom stereocenters. The summed E-state index contributed by atoms with van der Waals surface area (Å²) in [7, 11) is 0. The first-order valence-corrected chi connectivity index (χ1v) is 5.83. The fourth-order valence-corrected chi connectivity index (χ4v) is 1.69. The zero-order valence-electron chi connectivity index (χ0n) is 8.50. The quantitative estimate of drug-likeness (QED) is 0.837. The standard InChI is InChI=1S/C11H16INO/c1-8(7-14)13-9(2)10-3-5-11(12)6-4-10/h3-6,8-9,13-14H,7H2,1-2H3/t8-,9?/m1/s1. The van der Waals surface area contributed by atoms with E-state index < -0.39 is 0 Å². The minimum absolute atomic E-state index is 0.143. The molecule has 78 valence electrons. The molecular formula is C11H16INO. The van der Waals surface area contributed by atoms with Crippen molar-refractivity contribution in [1.29, 1.82) is 0 Å². The molecule has 0 heterocycles. The molecule has 2 N–H and O–H groups in total. The Morgan fingerprint density at radius 1 is 1.29 bits per heavy atom. The third-order valence-corrected chi connectivity index (χ3v) is 2.90. The first kappa shape index (κ1) is 11.9. The Morgan fingerprint density at radius 2 is 1.86 bits per heavy atom. The zero-order chi connectivity index (χ0) is 10.6. The second-order valence-corrected chi connectivity index (χ2v) is 4.77. The number of aliphatic hydroxyl groups is 1. The van der Waals surface area contributed by atoms with E-state index in [4.69, 9.17) is 5.11 Å². The molecule has 0 aliphatic heterocycles. The molecule has 0 saturated carbocycles. The van der Waals surface area contributed by atoms with E-state index in [0.29, 0.717) is 0 Å². The third kappa shape index (κ3) is 3.55. The fourth-order valence-electron chi connectivity index (χ4n) is 1.33. The van der Waals surface area contributed by atoms with Crippen LogP contribution in [0.5, 0.6) is 0 Å². The fraction of sp³-hybridized carbons (Fsp3) is 0.455. The molecule has 0 radical (unpaired) electrons. The van der Waals surface area contributed by atoms with E-state index in [9.17, 15) is 0 Å². The minimum atomic E-state index is 0.143. The van der Waals surface area contributed by atoms with E-state index in [-0.39, 0.29) is 18.7 Å². The van der Waals surface area contributed by atoms with E-state index in [1.54, 1.807) is 0 Å². The summed E-state index contributed by atoms with van der Waals surface area (Å²) in [6.07, 6.45) is 0. The van der Waals surface area contributed by atoms with Gasteiger partial charge in [0.2, 0.25) is 0 Å². The highest BCUT2D eigenvalue weighted by Gasteiger charge is 2.07.